The van der Waals surface area contributed by atoms with Crippen LogP contribution < -0.4 is 5.32 Å². The molecule has 0 atom stereocenters. The second-order valence-electron chi connectivity index (χ2n) is 4.07. The number of hydrogen-bond donors (Lipinski definition) is 1. The van der Waals surface area contributed by atoms with Crippen LogP contribution in [0.25, 0.3) is 0 Å². The molecule has 19 heavy (non-hydrogen) atoms. The van der Waals surface area contributed by atoms with Crippen molar-refractivity contribution in [1.82, 2.24) is 0 Å². The monoisotopic (exact) mass is 325 g/mol. The number of carbonyl (C=O) groups excluding carboxylic acids is 1. The minimum Gasteiger partial charge on any atom is -0.322 e. The van der Waals surface area contributed by atoms with Crippen molar-refractivity contribution in [1.29, 1.82) is 0 Å². The summed E-state index contributed by atoms with van der Waals surface area (Å²) in [6.07, 6.45) is 0. The van der Waals surface area contributed by atoms with Crippen molar-refractivity contribution in [2.45, 2.75) is 6.92 Å². The fourth-order valence-corrected chi connectivity index (χ4v) is 1.96. The van der Waals surface area contributed by atoms with Crippen LogP contribution in [0.1, 0.15) is 15.9 Å². The Balaban J connectivity index is 2.25. The molecule has 0 aliphatic rings. The molecule has 0 radical (unpaired) electrons. The van der Waals surface area contributed by atoms with Gasteiger partial charge in [-0.2, -0.15) is 0 Å². The fraction of sp³-hybridized carbons (Fsp3) is 0.0714. The van der Waals surface area contributed by atoms with Gasteiger partial charge in [0, 0.05) is 5.69 Å². The third-order valence-corrected chi connectivity index (χ3v) is 3.15. The minimum absolute atomic E-state index is 0.0413. The first-order valence-corrected chi connectivity index (χ1v) is 6.29. The molecule has 5 heteroatoms. The Kier molecular flexibility index (Phi) is 3.95. The molecule has 0 aliphatic heterocycles. The van der Waals surface area contributed by atoms with E-state index >= 15 is 0 Å². The average Bonchev–Trinajstić information content (AvgIpc) is 2.36. The zero-order chi connectivity index (χ0) is 14.0. The average molecular weight is 326 g/mol. The van der Waals surface area contributed by atoms with Crippen LogP contribution in [0.15, 0.2) is 40.9 Å². The molecule has 0 aliphatic carbocycles. The van der Waals surface area contributed by atoms with E-state index in [1.54, 1.807) is 13.0 Å². The highest BCUT2D eigenvalue weighted by Crippen LogP contribution is 2.21. The van der Waals surface area contributed by atoms with E-state index in [9.17, 15) is 13.6 Å². The lowest BCUT2D eigenvalue weighted by atomic mass is 10.1. The molecule has 1 N–H and O–H groups in total. The van der Waals surface area contributed by atoms with Gasteiger partial charge in [-0.15, -0.1) is 0 Å². The summed E-state index contributed by atoms with van der Waals surface area (Å²) in [5.41, 5.74) is 1.13. The summed E-state index contributed by atoms with van der Waals surface area (Å²) >= 11 is 3.02. The van der Waals surface area contributed by atoms with Crippen LogP contribution in [0.4, 0.5) is 14.5 Å². The van der Waals surface area contributed by atoms with Crippen molar-refractivity contribution in [3.63, 3.8) is 0 Å². The summed E-state index contributed by atoms with van der Waals surface area (Å²) in [5.74, 6) is -1.59. The first kappa shape index (κ1) is 13.7. The van der Waals surface area contributed by atoms with E-state index in [0.717, 1.165) is 5.56 Å². The van der Waals surface area contributed by atoms with Gasteiger partial charge in [0.15, 0.2) is 0 Å². The summed E-state index contributed by atoms with van der Waals surface area (Å²) in [6, 6.07) is 8.33. The zero-order valence-electron chi connectivity index (χ0n) is 10.0. The maximum atomic E-state index is 13.5. The number of nitrogens with one attached hydrogen (secondary N) is 1. The van der Waals surface area contributed by atoms with Gasteiger partial charge >= 0.3 is 0 Å². The Hall–Kier alpha value is -1.75. The molecule has 0 unspecified atom stereocenters. The van der Waals surface area contributed by atoms with Crippen molar-refractivity contribution in [3.8, 4) is 0 Å². The van der Waals surface area contributed by atoms with E-state index < -0.39 is 17.5 Å². The van der Waals surface area contributed by atoms with Gasteiger partial charge in [0.2, 0.25) is 0 Å². The Morgan fingerprint density at radius 2 is 1.79 bits per heavy atom. The molecule has 0 saturated heterocycles. The summed E-state index contributed by atoms with van der Waals surface area (Å²) in [7, 11) is 0. The molecule has 2 aromatic carbocycles. The molecular formula is C14H10BrF2NO. The van der Waals surface area contributed by atoms with E-state index in [2.05, 4.69) is 21.2 Å². The maximum Gasteiger partial charge on any atom is 0.258 e. The van der Waals surface area contributed by atoms with Crippen molar-refractivity contribution in [2.24, 2.45) is 0 Å². The number of hydrogen-bond acceptors (Lipinski definition) is 1. The highest BCUT2D eigenvalue weighted by molar-refractivity contribution is 9.10. The van der Waals surface area contributed by atoms with Gasteiger partial charge < -0.3 is 5.32 Å². The van der Waals surface area contributed by atoms with Crippen LogP contribution >= 0.6 is 15.9 Å². The lowest BCUT2D eigenvalue weighted by Crippen LogP contribution is -2.14. The van der Waals surface area contributed by atoms with Gasteiger partial charge in [0.05, 0.1) is 10.0 Å². The molecule has 2 nitrogen and oxygen atoms in total. The van der Waals surface area contributed by atoms with Crippen molar-refractivity contribution < 1.29 is 13.6 Å². The van der Waals surface area contributed by atoms with Gasteiger partial charge in [-0.3, -0.25) is 4.79 Å². The van der Waals surface area contributed by atoms with Gasteiger partial charge in [-0.05, 0) is 53.2 Å². The smallest absolute Gasteiger partial charge is 0.258 e. The molecule has 98 valence electrons. The molecule has 0 aromatic heterocycles. The van der Waals surface area contributed by atoms with Gasteiger partial charge in [0.1, 0.15) is 11.6 Å². The van der Waals surface area contributed by atoms with E-state index in [1.807, 2.05) is 0 Å². The first-order chi connectivity index (χ1) is 8.97. The second-order valence-corrected chi connectivity index (χ2v) is 4.92. The van der Waals surface area contributed by atoms with Crippen LogP contribution in [0.2, 0.25) is 0 Å². The predicted molar refractivity (Wildman–Crippen MR) is 73.2 cm³/mol. The van der Waals surface area contributed by atoms with Crippen molar-refractivity contribution in [2.75, 3.05) is 5.32 Å². The molecule has 0 fully saturated rings. The number of rotatable bonds is 2. The largest absolute Gasteiger partial charge is 0.322 e. The van der Waals surface area contributed by atoms with Gasteiger partial charge in [-0.25, -0.2) is 8.78 Å². The number of benzene rings is 2. The van der Waals surface area contributed by atoms with Crippen LogP contribution in [0, 0.1) is 18.6 Å². The Morgan fingerprint density at radius 1 is 1.11 bits per heavy atom. The molecular weight excluding hydrogens is 316 g/mol. The summed E-state index contributed by atoms with van der Waals surface area (Å²) < 4.78 is 26.8. The lowest BCUT2D eigenvalue weighted by Gasteiger charge is -2.07. The standard InChI is InChI=1S/C14H10BrF2NO/c1-8-2-4-12(16)10(6-8)14(19)18-9-3-5-13(17)11(15)7-9/h2-7H,1H3,(H,18,19). The van der Waals surface area contributed by atoms with Crippen LogP contribution in [-0.4, -0.2) is 5.91 Å². The number of halogens is 3. The lowest BCUT2D eigenvalue weighted by molar-refractivity contribution is 0.102. The first-order valence-electron chi connectivity index (χ1n) is 5.50. The fourth-order valence-electron chi connectivity index (χ4n) is 1.59. The van der Waals surface area contributed by atoms with Crippen LogP contribution in [0.5, 0.6) is 0 Å². The van der Waals surface area contributed by atoms with Gasteiger partial charge in [-0.1, -0.05) is 11.6 Å². The normalized spacial score (nSPS) is 10.3. The van der Waals surface area contributed by atoms with Gasteiger partial charge in [0.25, 0.3) is 5.91 Å². The third-order valence-electron chi connectivity index (χ3n) is 2.54. The molecule has 1 amide bonds. The van der Waals surface area contributed by atoms with E-state index in [1.165, 1.54) is 30.3 Å². The van der Waals surface area contributed by atoms with E-state index in [-0.39, 0.29) is 10.0 Å². The maximum absolute atomic E-state index is 13.5. The van der Waals surface area contributed by atoms with Crippen LogP contribution in [0.3, 0.4) is 0 Å². The summed E-state index contributed by atoms with van der Waals surface area (Å²) in [5, 5.41) is 2.52. The molecule has 2 aromatic rings. The Bertz CT molecular complexity index is 643. The molecule has 2 rings (SSSR count). The minimum atomic E-state index is -0.593. The molecule has 0 saturated carbocycles. The molecule has 0 spiro atoms. The highest BCUT2D eigenvalue weighted by Gasteiger charge is 2.12. The van der Waals surface area contributed by atoms with Crippen molar-refractivity contribution in [3.05, 3.63) is 63.6 Å². The number of carbonyl (C=O) groups is 1. The zero-order valence-corrected chi connectivity index (χ0v) is 11.6. The summed E-state index contributed by atoms with van der Waals surface area (Å²) in [6.45, 7) is 1.77. The Morgan fingerprint density at radius 3 is 2.47 bits per heavy atom. The number of amides is 1. The predicted octanol–water partition coefficient (Wildman–Crippen LogP) is 4.29. The number of aryl methyl sites for hydroxylation is 1. The summed E-state index contributed by atoms with van der Waals surface area (Å²) in [4.78, 5) is 11.9. The second kappa shape index (κ2) is 5.48. The third kappa shape index (κ3) is 3.17. The van der Waals surface area contributed by atoms with E-state index in [0.29, 0.717) is 5.69 Å². The quantitative estimate of drug-likeness (QED) is 0.876. The van der Waals surface area contributed by atoms with Crippen molar-refractivity contribution >= 4 is 27.5 Å². The highest BCUT2D eigenvalue weighted by atomic mass is 79.9. The SMILES string of the molecule is Cc1ccc(F)c(C(=O)Nc2ccc(F)c(Br)c2)c1. The topological polar surface area (TPSA) is 29.1 Å². The van der Waals surface area contributed by atoms with E-state index in [4.69, 9.17) is 0 Å². The molecule has 0 heterocycles. The molecule has 0 bridgehead atoms. The number of anilines is 1. The Labute approximate surface area is 117 Å². The van der Waals surface area contributed by atoms with Crippen LogP contribution in [-0.2, 0) is 0 Å².